The second-order valence-electron chi connectivity index (χ2n) is 7.19. The zero-order valence-corrected chi connectivity index (χ0v) is 18.8. The number of rotatable bonds is 9. The van der Waals surface area contributed by atoms with Gasteiger partial charge in [0.05, 0.1) is 5.25 Å². The maximum atomic E-state index is 13.2. The topological polar surface area (TPSA) is 47.0 Å². The molecule has 1 aromatic heterocycles. The Morgan fingerprint density at radius 2 is 1.78 bits per heavy atom. The van der Waals surface area contributed by atoms with Gasteiger partial charge < -0.3 is 0 Å². The smallest absolute Gasteiger partial charge is 0.201 e. The molecule has 1 atom stereocenters. The molecule has 0 aliphatic heterocycles. The first-order chi connectivity index (χ1) is 12.8. The van der Waals surface area contributed by atoms with E-state index in [2.05, 4.69) is 36.3 Å². The van der Waals surface area contributed by atoms with Gasteiger partial charge in [0.25, 0.3) is 0 Å². The fourth-order valence-electron chi connectivity index (χ4n) is 3.31. The van der Waals surface area contributed by atoms with Gasteiger partial charge in [-0.3, -0.25) is 0 Å². The van der Waals surface area contributed by atoms with E-state index in [1.165, 1.54) is 11.4 Å². The minimum Gasteiger partial charge on any atom is -0.245 e. The highest BCUT2D eigenvalue weighted by molar-refractivity contribution is 7.92. The van der Waals surface area contributed by atoms with Crippen LogP contribution < -0.4 is 5.19 Å². The van der Waals surface area contributed by atoms with Gasteiger partial charge in [-0.15, -0.1) is 11.6 Å². The van der Waals surface area contributed by atoms with Crippen LogP contribution in [0.25, 0.3) is 0 Å². The molecule has 6 heteroatoms. The minimum atomic E-state index is -3.54. The molecule has 146 valence electrons. The molecule has 0 saturated carbocycles. The Bertz CT molecular complexity index is 852. The van der Waals surface area contributed by atoms with Gasteiger partial charge in [-0.05, 0) is 38.3 Å². The standard InChI is InChI=1S/C21H28ClNO2SSi/c1-18(26(24,25)21-15-9-11-17-23-21)20(14-8-5-10-16-22)27(2,3)19-12-6-4-7-13-19/h4,6-7,9,11-15,17-18H,5,8,10,16H2,1-3H3/b20-14+. The Labute approximate surface area is 169 Å². The van der Waals surface area contributed by atoms with Crippen LogP contribution in [-0.2, 0) is 9.84 Å². The van der Waals surface area contributed by atoms with Gasteiger partial charge >= 0.3 is 0 Å². The van der Waals surface area contributed by atoms with Crippen molar-refractivity contribution in [1.82, 2.24) is 4.98 Å². The van der Waals surface area contributed by atoms with Crippen molar-refractivity contribution in [2.45, 2.75) is 49.6 Å². The number of sulfone groups is 1. The van der Waals surface area contributed by atoms with Crippen LogP contribution in [0.3, 0.4) is 0 Å². The Morgan fingerprint density at radius 3 is 2.37 bits per heavy atom. The van der Waals surface area contributed by atoms with Gasteiger partial charge in [-0.25, -0.2) is 13.4 Å². The molecule has 1 aromatic carbocycles. The first kappa shape index (κ1) is 21.9. The molecule has 2 aromatic rings. The van der Waals surface area contributed by atoms with E-state index < -0.39 is 23.2 Å². The summed E-state index contributed by atoms with van der Waals surface area (Å²) in [5, 5.41) is 1.80. The molecule has 0 radical (unpaired) electrons. The number of hydrogen-bond donors (Lipinski definition) is 0. The molecule has 0 aliphatic carbocycles. The van der Waals surface area contributed by atoms with Gasteiger partial charge in [-0.1, -0.05) is 66.0 Å². The van der Waals surface area contributed by atoms with Crippen LogP contribution in [0.1, 0.15) is 26.2 Å². The summed E-state index contributed by atoms with van der Waals surface area (Å²) in [5.41, 5.74) is 0. The molecule has 0 amide bonds. The molecule has 1 unspecified atom stereocenters. The quantitative estimate of drug-likeness (QED) is 0.334. The normalized spacial score (nSPS) is 14.1. The molecule has 1 heterocycles. The predicted molar refractivity (Wildman–Crippen MR) is 117 cm³/mol. The molecule has 27 heavy (non-hydrogen) atoms. The van der Waals surface area contributed by atoms with Crippen molar-refractivity contribution in [3.8, 4) is 0 Å². The highest BCUT2D eigenvalue weighted by Gasteiger charge is 2.37. The molecule has 0 fully saturated rings. The Kier molecular flexibility index (Phi) is 7.83. The molecule has 0 spiro atoms. The summed E-state index contributed by atoms with van der Waals surface area (Å²) >= 11 is 5.80. The van der Waals surface area contributed by atoms with Crippen molar-refractivity contribution in [3.05, 3.63) is 66.0 Å². The zero-order chi connectivity index (χ0) is 19.9. The van der Waals surface area contributed by atoms with E-state index in [0.717, 1.165) is 24.5 Å². The van der Waals surface area contributed by atoms with Crippen molar-refractivity contribution in [3.63, 3.8) is 0 Å². The summed E-state index contributed by atoms with van der Waals surface area (Å²) in [6, 6.07) is 15.3. The van der Waals surface area contributed by atoms with Gasteiger partial charge in [0.1, 0.15) is 8.07 Å². The third-order valence-corrected chi connectivity index (χ3v) is 11.3. The summed E-state index contributed by atoms with van der Waals surface area (Å²) in [6.07, 6.45) is 6.41. The first-order valence-electron chi connectivity index (χ1n) is 9.28. The lowest BCUT2D eigenvalue weighted by Crippen LogP contribution is -2.48. The van der Waals surface area contributed by atoms with Crippen LogP contribution in [0, 0.1) is 0 Å². The predicted octanol–water partition coefficient (Wildman–Crippen LogP) is 4.73. The number of pyridine rings is 1. The number of nitrogens with zero attached hydrogens (tertiary/aromatic N) is 1. The van der Waals surface area contributed by atoms with Gasteiger partial charge in [0.2, 0.25) is 9.84 Å². The number of unbranched alkanes of at least 4 members (excludes halogenated alkanes) is 2. The lowest BCUT2D eigenvalue weighted by Gasteiger charge is -2.31. The maximum absolute atomic E-state index is 13.2. The lowest BCUT2D eigenvalue weighted by atomic mass is 10.2. The van der Waals surface area contributed by atoms with Crippen LogP contribution in [0.2, 0.25) is 13.1 Å². The number of aromatic nitrogens is 1. The third kappa shape index (κ3) is 5.30. The van der Waals surface area contributed by atoms with Crippen molar-refractivity contribution >= 4 is 34.7 Å². The SMILES string of the molecule is CC(/C(=C\CCCCCl)[Si](C)(C)c1ccccc1)S(=O)(=O)c1ccccn1. The third-order valence-electron chi connectivity index (χ3n) is 5.00. The summed E-state index contributed by atoms with van der Waals surface area (Å²) in [5.74, 6) is 0.629. The van der Waals surface area contributed by atoms with Gasteiger partial charge in [0.15, 0.2) is 5.03 Å². The molecule has 0 aliphatic rings. The van der Waals surface area contributed by atoms with E-state index >= 15 is 0 Å². The largest absolute Gasteiger partial charge is 0.245 e. The summed E-state index contributed by atoms with van der Waals surface area (Å²) in [4.78, 5) is 4.10. The zero-order valence-electron chi connectivity index (χ0n) is 16.2. The van der Waals surface area contributed by atoms with E-state index in [4.69, 9.17) is 11.6 Å². The Balaban J connectivity index is 2.46. The van der Waals surface area contributed by atoms with Crippen molar-refractivity contribution in [1.29, 1.82) is 0 Å². The molecular formula is C21H28ClNO2SSi. The van der Waals surface area contributed by atoms with Crippen LogP contribution in [-0.4, -0.2) is 32.6 Å². The molecule has 0 N–H and O–H groups in total. The van der Waals surface area contributed by atoms with Crippen LogP contribution in [0.15, 0.2) is 71.0 Å². The highest BCUT2D eigenvalue weighted by Crippen LogP contribution is 2.28. The van der Waals surface area contributed by atoms with E-state index in [-0.39, 0.29) is 5.03 Å². The summed E-state index contributed by atoms with van der Waals surface area (Å²) in [6.45, 7) is 6.25. The number of halogens is 1. The minimum absolute atomic E-state index is 0.141. The van der Waals surface area contributed by atoms with Crippen molar-refractivity contribution in [2.75, 3.05) is 5.88 Å². The molecular weight excluding hydrogens is 394 g/mol. The number of alkyl halides is 1. The highest BCUT2D eigenvalue weighted by atomic mass is 35.5. The van der Waals surface area contributed by atoms with Crippen LogP contribution >= 0.6 is 11.6 Å². The average molecular weight is 422 g/mol. The average Bonchev–Trinajstić information content (AvgIpc) is 2.68. The second kappa shape index (κ2) is 9.67. The van der Waals surface area contributed by atoms with Crippen LogP contribution in [0.4, 0.5) is 0 Å². The number of allylic oxidation sites excluding steroid dienone is 1. The molecule has 2 rings (SSSR count). The van der Waals surface area contributed by atoms with E-state index in [1.807, 2.05) is 18.2 Å². The van der Waals surface area contributed by atoms with Crippen molar-refractivity contribution < 1.29 is 8.42 Å². The number of benzene rings is 1. The fraction of sp³-hybridized carbons (Fsp3) is 0.381. The Hall–Kier alpha value is -1.43. The monoisotopic (exact) mass is 421 g/mol. The molecule has 0 saturated heterocycles. The van der Waals surface area contributed by atoms with E-state index in [1.54, 1.807) is 25.1 Å². The fourth-order valence-corrected chi connectivity index (χ4v) is 9.15. The number of hydrogen-bond acceptors (Lipinski definition) is 3. The molecule has 0 bridgehead atoms. The molecule has 3 nitrogen and oxygen atoms in total. The first-order valence-corrected chi connectivity index (χ1v) is 14.4. The van der Waals surface area contributed by atoms with E-state index in [9.17, 15) is 8.42 Å². The summed E-state index contributed by atoms with van der Waals surface area (Å²) in [7, 11) is -5.70. The van der Waals surface area contributed by atoms with Crippen molar-refractivity contribution in [2.24, 2.45) is 0 Å². The van der Waals surface area contributed by atoms with E-state index in [0.29, 0.717) is 5.88 Å². The summed E-state index contributed by atoms with van der Waals surface area (Å²) < 4.78 is 26.5. The van der Waals surface area contributed by atoms with Crippen LogP contribution in [0.5, 0.6) is 0 Å². The maximum Gasteiger partial charge on any atom is 0.201 e. The van der Waals surface area contributed by atoms with Gasteiger partial charge in [-0.2, -0.15) is 0 Å². The van der Waals surface area contributed by atoms with Gasteiger partial charge in [0, 0.05) is 12.1 Å². The Morgan fingerprint density at radius 1 is 1.11 bits per heavy atom. The lowest BCUT2D eigenvalue weighted by molar-refractivity contribution is 0.586. The second-order valence-corrected chi connectivity index (χ2v) is 14.2.